The molecule has 0 unspecified atom stereocenters. The summed E-state index contributed by atoms with van der Waals surface area (Å²) in [5, 5.41) is 5.69. The van der Waals surface area contributed by atoms with Gasteiger partial charge >= 0.3 is 6.03 Å². The van der Waals surface area contributed by atoms with Crippen LogP contribution in [-0.2, 0) is 10.0 Å². The van der Waals surface area contributed by atoms with Crippen LogP contribution < -0.4 is 24.4 Å². The molecule has 0 aliphatic heterocycles. The van der Waals surface area contributed by atoms with Gasteiger partial charge in [0, 0.05) is 18.7 Å². The minimum Gasteiger partial charge on any atom is -0.493 e. The highest BCUT2D eigenvalue weighted by Crippen LogP contribution is 2.32. The summed E-state index contributed by atoms with van der Waals surface area (Å²) in [5.41, 5.74) is 0.449. The van der Waals surface area contributed by atoms with Crippen LogP contribution in [0.3, 0.4) is 0 Å². The van der Waals surface area contributed by atoms with Crippen molar-refractivity contribution < 1.29 is 22.7 Å². The summed E-state index contributed by atoms with van der Waals surface area (Å²) in [4.78, 5) is 12.0. The fourth-order valence-electron chi connectivity index (χ4n) is 3.22. The number of sulfonamides is 1. The lowest BCUT2D eigenvalue weighted by Gasteiger charge is -2.25. The standard InChI is InChI=1S/C18H29N3O5S/c1-25-16-10-9-15(13-17(16)26-2)21(27(3,23)24)12-11-19-18(22)20-14-7-5-4-6-8-14/h9-10,13-14H,4-8,11-12H2,1-3H3,(H2,19,20,22). The van der Waals surface area contributed by atoms with E-state index < -0.39 is 10.0 Å². The van der Waals surface area contributed by atoms with Gasteiger partial charge in [-0.25, -0.2) is 13.2 Å². The van der Waals surface area contributed by atoms with Gasteiger partial charge in [-0.1, -0.05) is 19.3 Å². The number of nitrogens with zero attached hydrogens (tertiary/aromatic N) is 1. The highest BCUT2D eigenvalue weighted by molar-refractivity contribution is 7.92. The van der Waals surface area contributed by atoms with Crippen molar-refractivity contribution in [3.63, 3.8) is 0 Å². The van der Waals surface area contributed by atoms with Gasteiger partial charge < -0.3 is 20.1 Å². The number of amides is 2. The van der Waals surface area contributed by atoms with Crippen molar-refractivity contribution >= 4 is 21.7 Å². The highest BCUT2D eigenvalue weighted by Gasteiger charge is 2.20. The van der Waals surface area contributed by atoms with E-state index in [-0.39, 0.29) is 25.2 Å². The Balaban J connectivity index is 1.98. The summed E-state index contributed by atoms with van der Waals surface area (Å²) in [5.74, 6) is 0.950. The predicted octanol–water partition coefficient (Wildman–Crippen LogP) is 2.10. The van der Waals surface area contributed by atoms with Crippen molar-refractivity contribution in [3.8, 4) is 11.5 Å². The lowest BCUT2D eigenvalue weighted by Crippen LogP contribution is -2.45. The van der Waals surface area contributed by atoms with Gasteiger partial charge in [-0.3, -0.25) is 4.31 Å². The minimum atomic E-state index is -3.52. The molecule has 1 aromatic carbocycles. The molecular weight excluding hydrogens is 370 g/mol. The number of benzene rings is 1. The largest absolute Gasteiger partial charge is 0.493 e. The number of anilines is 1. The first kappa shape index (κ1) is 21.1. The Kier molecular flexibility index (Phi) is 7.58. The van der Waals surface area contributed by atoms with E-state index in [1.807, 2.05) is 0 Å². The molecule has 1 saturated carbocycles. The van der Waals surface area contributed by atoms with E-state index in [1.54, 1.807) is 18.2 Å². The first-order chi connectivity index (χ1) is 12.8. The molecule has 9 heteroatoms. The second-order valence-corrected chi connectivity index (χ2v) is 8.52. The third-order valence-corrected chi connectivity index (χ3v) is 5.79. The number of methoxy groups -OCH3 is 2. The molecule has 0 heterocycles. The lowest BCUT2D eigenvalue weighted by atomic mass is 9.96. The van der Waals surface area contributed by atoms with Crippen LogP contribution >= 0.6 is 0 Å². The third-order valence-electron chi connectivity index (χ3n) is 4.60. The van der Waals surface area contributed by atoms with Crippen molar-refractivity contribution in [1.29, 1.82) is 0 Å². The maximum absolute atomic E-state index is 12.2. The molecule has 0 spiro atoms. The quantitative estimate of drug-likeness (QED) is 0.698. The van der Waals surface area contributed by atoms with E-state index in [2.05, 4.69) is 10.6 Å². The topological polar surface area (TPSA) is 97.0 Å². The normalized spacial score (nSPS) is 15.1. The van der Waals surface area contributed by atoms with Gasteiger partial charge in [0.1, 0.15) is 0 Å². The molecule has 1 aliphatic carbocycles. The summed E-state index contributed by atoms with van der Waals surface area (Å²) >= 11 is 0. The van der Waals surface area contributed by atoms with E-state index in [4.69, 9.17) is 9.47 Å². The van der Waals surface area contributed by atoms with Crippen molar-refractivity contribution in [2.45, 2.75) is 38.1 Å². The Labute approximate surface area is 161 Å². The van der Waals surface area contributed by atoms with Crippen LogP contribution in [0.5, 0.6) is 11.5 Å². The molecule has 1 aliphatic rings. The van der Waals surface area contributed by atoms with E-state index in [0.717, 1.165) is 31.9 Å². The first-order valence-electron chi connectivity index (χ1n) is 9.09. The van der Waals surface area contributed by atoms with Gasteiger partial charge in [-0.15, -0.1) is 0 Å². The second-order valence-electron chi connectivity index (χ2n) is 6.61. The molecule has 27 heavy (non-hydrogen) atoms. The van der Waals surface area contributed by atoms with Gasteiger partial charge in [0.2, 0.25) is 10.0 Å². The Bertz CT molecular complexity index is 733. The smallest absolute Gasteiger partial charge is 0.315 e. The van der Waals surface area contributed by atoms with Crippen LogP contribution in [0.1, 0.15) is 32.1 Å². The van der Waals surface area contributed by atoms with E-state index >= 15 is 0 Å². The Morgan fingerprint density at radius 2 is 1.81 bits per heavy atom. The molecule has 0 aromatic heterocycles. The Morgan fingerprint density at radius 1 is 1.15 bits per heavy atom. The summed E-state index contributed by atoms with van der Waals surface area (Å²) < 4.78 is 36.1. The van der Waals surface area contributed by atoms with Crippen LogP contribution in [0, 0.1) is 0 Å². The van der Waals surface area contributed by atoms with Gasteiger partial charge in [0.15, 0.2) is 11.5 Å². The van der Waals surface area contributed by atoms with Crippen LogP contribution in [0.2, 0.25) is 0 Å². The molecule has 8 nitrogen and oxygen atoms in total. The maximum atomic E-state index is 12.2. The fourth-order valence-corrected chi connectivity index (χ4v) is 4.14. The van der Waals surface area contributed by atoms with Crippen LogP contribution in [0.15, 0.2) is 18.2 Å². The number of urea groups is 1. The van der Waals surface area contributed by atoms with Gasteiger partial charge in [0.25, 0.3) is 0 Å². The molecule has 0 saturated heterocycles. The number of carbonyl (C=O) groups is 1. The van der Waals surface area contributed by atoms with Crippen LogP contribution in [-0.4, -0.2) is 54.1 Å². The number of nitrogens with one attached hydrogen (secondary N) is 2. The van der Waals surface area contributed by atoms with Crippen molar-refractivity contribution in [3.05, 3.63) is 18.2 Å². The maximum Gasteiger partial charge on any atom is 0.315 e. The van der Waals surface area contributed by atoms with Gasteiger partial charge in [0.05, 0.1) is 32.7 Å². The fraction of sp³-hybridized carbons (Fsp3) is 0.611. The zero-order valence-electron chi connectivity index (χ0n) is 16.2. The number of carbonyl (C=O) groups excluding carboxylic acids is 1. The molecule has 1 fully saturated rings. The van der Waals surface area contributed by atoms with Gasteiger partial charge in [-0.05, 0) is 25.0 Å². The van der Waals surface area contributed by atoms with Crippen molar-refractivity contribution in [2.24, 2.45) is 0 Å². The van der Waals surface area contributed by atoms with Crippen LogP contribution in [0.25, 0.3) is 0 Å². The molecule has 2 amide bonds. The monoisotopic (exact) mass is 399 g/mol. The third kappa shape index (κ3) is 6.20. The highest BCUT2D eigenvalue weighted by atomic mass is 32.2. The van der Waals surface area contributed by atoms with E-state index in [1.165, 1.54) is 24.9 Å². The predicted molar refractivity (Wildman–Crippen MR) is 105 cm³/mol. The zero-order chi connectivity index (χ0) is 19.9. The molecule has 1 aromatic rings. The van der Waals surface area contributed by atoms with Crippen molar-refractivity contribution in [2.75, 3.05) is 37.9 Å². The summed E-state index contributed by atoms with van der Waals surface area (Å²) in [6, 6.07) is 4.83. The molecule has 0 bridgehead atoms. The van der Waals surface area contributed by atoms with E-state index in [9.17, 15) is 13.2 Å². The van der Waals surface area contributed by atoms with Crippen molar-refractivity contribution in [1.82, 2.24) is 10.6 Å². The molecule has 0 radical (unpaired) electrons. The first-order valence-corrected chi connectivity index (χ1v) is 10.9. The molecular formula is C18H29N3O5S. The SMILES string of the molecule is COc1ccc(N(CCNC(=O)NC2CCCCC2)S(C)(=O)=O)cc1OC. The summed E-state index contributed by atoms with van der Waals surface area (Å²) in [7, 11) is -0.518. The van der Waals surface area contributed by atoms with Crippen LogP contribution in [0.4, 0.5) is 10.5 Å². The second kappa shape index (κ2) is 9.68. The molecule has 0 atom stereocenters. The molecule has 2 rings (SSSR count). The number of rotatable bonds is 8. The lowest BCUT2D eigenvalue weighted by molar-refractivity contribution is 0.233. The zero-order valence-corrected chi connectivity index (χ0v) is 17.0. The Morgan fingerprint density at radius 3 is 2.41 bits per heavy atom. The number of hydrogen-bond donors (Lipinski definition) is 2. The number of hydrogen-bond acceptors (Lipinski definition) is 5. The average molecular weight is 400 g/mol. The summed E-state index contributed by atoms with van der Waals surface area (Å²) in [6.45, 7) is 0.312. The van der Waals surface area contributed by atoms with Gasteiger partial charge in [-0.2, -0.15) is 0 Å². The summed E-state index contributed by atoms with van der Waals surface area (Å²) in [6.07, 6.45) is 6.60. The average Bonchev–Trinajstić information content (AvgIpc) is 2.64. The molecule has 152 valence electrons. The van der Waals surface area contributed by atoms with E-state index in [0.29, 0.717) is 17.2 Å². The Hall–Kier alpha value is -2.16. The number of ether oxygens (including phenoxy) is 2. The minimum absolute atomic E-state index is 0.117. The molecule has 2 N–H and O–H groups in total.